The second-order valence-corrected chi connectivity index (χ2v) is 7.96. The summed E-state index contributed by atoms with van der Waals surface area (Å²) in [6.07, 6.45) is 1.64. The molecule has 0 bridgehead atoms. The van der Waals surface area contributed by atoms with E-state index in [0.717, 1.165) is 12.8 Å². The maximum Gasteiger partial charge on any atom is 0.238 e. The van der Waals surface area contributed by atoms with E-state index in [2.05, 4.69) is 48.7 Å². The van der Waals surface area contributed by atoms with Crippen LogP contribution < -0.4 is 15.4 Å². The Morgan fingerprint density at radius 1 is 1.00 bits per heavy atom. The molecule has 2 rings (SSSR count). The number of carbonyl (C=O) groups is 2. The van der Waals surface area contributed by atoms with E-state index in [9.17, 15) is 9.59 Å². The third-order valence-corrected chi connectivity index (χ3v) is 5.04. The molecule has 0 unspecified atom stereocenters. The molecule has 6 nitrogen and oxygen atoms in total. The molecule has 6 heteroatoms. The molecule has 2 N–H and O–H groups in total. The molecule has 31 heavy (non-hydrogen) atoms. The first-order valence-electron chi connectivity index (χ1n) is 10.9. The van der Waals surface area contributed by atoms with Crippen molar-refractivity contribution in [3.05, 3.63) is 59.7 Å². The van der Waals surface area contributed by atoms with Crippen molar-refractivity contribution < 1.29 is 14.3 Å². The summed E-state index contributed by atoms with van der Waals surface area (Å²) in [5.74, 6) is 0.879. The average molecular weight is 426 g/mol. The van der Waals surface area contributed by atoms with Gasteiger partial charge in [0.2, 0.25) is 11.8 Å². The van der Waals surface area contributed by atoms with Gasteiger partial charge < -0.3 is 15.4 Å². The number of anilines is 1. The Hall–Kier alpha value is -2.86. The van der Waals surface area contributed by atoms with Crippen molar-refractivity contribution in [1.82, 2.24) is 10.2 Å². The van der Waals surface area contributed by atoms with Crippen LogP contribution in [-0.4, -0.2) is 50.0 Å². The third-order valence-electron chi connectivity index (χ3n) is 5.04. The number of rotatable bonds is 12. The molecule has 0 atom stereocenters. The molecule has 0 spiro atoms. The van der Waals surface area contributed by atoms with Gasteiger partial charge in [-0.15, -0.1) is 0 Å². The van der Waals surface area contributed by atoms with Gasteiger partial charge in [-0.25, -0.2) is 0 Å². The first-order chi connectivity index (χ1) is 14.9. The highest BCUT2D eigenvalue weighted by Gasteiger charge is 2.15. The van der Waals surface area contributed by atoms with E-state index in [4.69, 9.17) is 4.74 Å². The minimum atomic E-state index is -0.170. The number of hydrogen-bond donors (Lipinski definition) is 2. The quantitative estimate of drug-likeness (QED) is 0.542. The topological polar surface area (TPSA) is 70.7 Å². The van der Waals surface area contributed by atoms with Crippen LogP contribution in [-0.2, 0) is 16.0 Å². The number of carbonyl (C=O) groups excluding carboxylic acids is 2. The standard InChI is InChI=1S/C25H35N3O3/c1-5-16-28(18-25(30)27-22-8-6-7-9-23(22)31-4)17-24(29)26-15-14-20-10-12-21(13-11-20)19(2)3/h6-13,19H,5,14-18H2,1-4H3,(H,26,29)(H,27,30). The van der Waals surface area contributed by atoms with Crippen LogP contribution in [0, 0.1) is 0 Å². The van der Waals surface area contributed by atoms with Crippen molar-refractivity contribution in [2.24, 2.45) is 0 Å². The molecule has 168 valence electrons. The van der Waals surface area contributed by atoms with Crippen LogP contribution in [0.1, 0.15) is 44.2 Å². The van der Waals surface area contributed by atoms with E-state index in [-0.39, 0.29) is 24.9 Å². The van der Waals surface area contributed by atoms with Crippen molar-refractivity contribution in [3.8, 4) is 5.75 Å². The Balaban J connectivity index is 1.80. The van der Waals surface area contributed by atoms with Crippen LogP contribution in [0.25, 0.3) is 0 Å². The molecule has 0 fully saturated rings. The summed E-state index contributed by atoms with van der Waals surface area (Å²) in [6, 6.07) is 15.8. The van der Waals surface area contributed by atoms with Crippen LogP contribution in [0.4, 0.5) is 5.69 Å². The second kappa shape index (κ2) is 12.7. The molecule has 0 radical (unpaired) electrons. The molecule has 0 aliphatic carbocycles. The zero-order valence-corrected chi connectivity index (χ0v) is 19.1. The predicted octanol–water partition coefficient (Wildman–Crippen LogP) is 3.83. The van der Waals surface area contributed by atoms with Gasteiger partial charge in [0, 0.05) is 6.54 Å². The number of benzene rings is 2. The van der Waals surface area contributed by atoms with Gasteiger partial charge in [0.25, 0.3) is 0 Å². The first kappa shape index (κ1) is 24.4. The summed E-state index contributed by atoms with van der Waals surface area (Å²) in [5.41, 5.74) is 3.14. The SMILES string of the molecule is CCCN(CC(=O)NCCc1ccc(C(C)C)cc1)CC(=O)Nc1ccccc1OC. The summed E-state index contributed by atoms with van der Waals surface area (Å²) in [4.78, 5) is 26.7. The number of para-hydroxylation sites is 2. The van der Waals surface area contributed by atoms with Gasteiger partial charge in [0.05, 0.1) is 25.9 Å². The Morgan fingerprint density at radius 3 is 2.32 bits per heavy atom. The fourth-order valence-electron chi connectivity index (χ4n) is 3.35. The lowest BCUT2D eigenvalue weighted by atomic mass is 10.0. The van der Waals surface area contributed by atoms with Gasteiger partial charge in [-0.05, 0) is 48.6 Å². The summed E-state index contributed by atoms with van der Waals surface area (Å²) in [5, 5.41) is 5.83. The van der Waals surface area contributed by atoms with Gasteiger partial charge in [-0.2, -0.15) is 0 Å². The zero-order chi connectivity index (χ0) is 22.6. The Kier molecular flexibility index (Phi) is 10.0. The number of amides is 2. The van der Waals surface area contributed by atoms with E-state index < -0.39 is 0 Å². The third kappa shape index (κ3) is 8.42. The van der Waals surface area contributed by atoms with Crippen molar-refractivity contribution in [2.75, 3.05) is 38.6 Å². The highest BCUT2D eigenvalue weighted by molar-refractivity contribution is 5.94. The molecular formula is C25H35N3O3. The molecule has 0 aliphatic rings. The van der Waals surface area contributed by atoms with Gasteiger partial charge in [-0.1, -0.05) is 57.2 Å². The zero-order valence-electron chi connectivity index (χ0n) is 19.1. The summed E-state index contributed by atoms with van der Waals surface area (Å²) < 4.78 is 5.27. The van der Waals surface area contributed by atoms with Gasteiger partial charge in [0.1, 0.15) is 5.75 Å². The number of nitrogens with one attached hydrogen (secondary N) is 2. The van der Waals surface area contributed by atoms with Crippen LogP contribution >= 0.6 is 0 Å². The fourth-order valence-corrected chi connectivity index (χ4v) is 3.35. The molecule has 0 aliphatic heterocycles. The number of methoxy groups -OCH3 is 1. The van der Waals surface area contributed by atoms with E-state index in [1.165, 1.54) is 11.1 Å². The monoisotopic (exact) mass is 425 g/mol. The molecule has 0 saturated carbocycles. The Morgan fingerprint density at radius 2 is 1.68 bits per heavy atom. The molecule has 2 aromatic carbocycles. The van der Waals surface area contributed by atoms with Gasteiger partial charge >= 0.3 is 0 Å². The van der Waals surface area contributed by atoms with Crippen molar-refractivity contribution in [1.29, 1.82) is 0 Å². The minimum Gasteiger partial charge on any atom is -0.495 e. The van der Waals surface area contributed by atoms with Crippen LogP contribution in [0.3, 0.4) is 0 Å². The smallest absolute Gasteiger partial charge is 0.238 e. The van der Waals surface area contributed by atoms with E-state index in [0.29, 0.717) is 30.4 Å². The molecule has 2 aromatic rings. The number of ether oxygens (including phenoxy) is 1. The molecule has 0 saturated heterocycles. The van der Waals surface area contributed by atoms with Crippen LogP contribution in [0.5, 0.6) is 5.75 Å². The lowest BCUT2D eigenvalue weighted by Crippen LogP contribution is -2.42. The largest absolute Gasteiger partial charge is 0.495 e. The average Bonchev–Trinajstić information content (AvgIpc) is 2.74. The highest BCUT2D eigenvalue weighted by Crippen LogP contribution is 2.22. The van der Waals surface area contributed by atoms with Crippen molar-refractivity contribution in [3.63, 3.8) is 0 Å². The molecule has 0 heterocycles. The lowest BCUT2D eigenvalue weighted by Gasteiger charge is -2.21. The second-order valence-electron chi connectivity index (χ2n) is 7.96. The molecule has 0 aromatic heterocycles. The first-order valence-corrected chi connectivity index (χ1v) is 10.9. The minimum absolute atomic E-state index is 0.0719. The predicted molar refractivity (Wildman–Crippen MR) is 126 cm³/mol. The van der Waals surface area contributed by atoms with E-state index in [1.807, 2.05) is 24.0 Å². The van der Waals surface area contributed by atoms with Gasteiger partial charge in [0.15, 0.2) is 0 Å². The maximum atomic E-state index is 12.5. The highest BCUT2D eigenvalue weighted by atomic mass is 16.5. The summed E-state index contributed by atoms with van der Waals surface area (Å²) in [6.45, 7) is 7.97. The van der Waals surface area contributed by atoms with Crippen LogP contribution in [0.2, 0.25) is 0 Å². The van der Waals surface area contributed by atoms with E-state index in [1.54, 1.807) is 19.2 Å². The molecule has 2 amide bonds. The Labute approximate surface area is 186 Å². The van der Waals surface area contributed by atoms with Gasteiger partial charge in [-0.3, -0.25) is 14.5 Å². The van der Waals surface area contributed by atoms with Crippen molar-refractivity contribution in [2.45, 2.75) is 39.5 Å². The number of nitrogens with zero attached hydrogens (tertiary/aromatic N) is 1. The normalized spacial score (nSPS) is 10.9. The summed E-state index contributed by atoms with van der Waals surface area (Å²) in [7, 11) is 1.57. The van der Waals surface area contributed by atoms with E-state index >= 15 is 0 Å². The van der Waals surface area contributed by atoms with Crippen molar-refractivity contribution >= 4 is 17.5 Å². The molecular weight excluding hydrogens is 390 g/mol. The Bertz CT molecular complexity index is 834. The fraction of sp³-hybridized carbons (Fsp3) is 0.440. The summed E-state index contributed by atoms with van der Waals surface area (Å²) >= 11 is 0. The maximum absolute atomic E-state index is 12.5. The number of hydrogen-bond acceptors (Lipinski definition) is 4. The lowest BCUT2D eigenvalue weighted by molar-refractivity contribution is -0.123. The van der Waals surface area contributed by atoms with Crippen LogP contribution in [0.15, 0.2) is 48.5 Å².